The molecule has 5 nitrogen and oxygen atoms in total. The van der Waals surface area contributed by atoms with Crippen LogP contribution in [0.3, 0.4) is 0 Å². The number of carbonyl (C=O) groups excluding carboxylic acids is 1. The van der Waals surface area contributed by atoms with Crippen LogP contribution >= 0.6 is 11.6 Å². The summed E-state index contributed by atoms with van der Waals surface area (Å²) in [5.74, 6) is -0.732. The maximum atomic E-state index is 12.8. The van der Waals surface area contributed by atoms with E-state index in [-0.39, 0.29) is 17.3 Å². The van der Waals surface area contributed by atoms with Crippen molar-refractivity contribution in [3.8, 4) is 0 Å². The summed E-state index contributed by atoms with van der Waals surface area (Å²) in [6, 6.07) is 11.7. The molecule has 134 valence electrons. The van der Waals surface area contributed by atoms with Crippen molar-refractivity contribution in [2.24, 2.45) is 0 Å². The molecule has 25 heavy (non-hydrogen) atoms. The van der Waals surface area contributed by atoms with Gasteiger partial charge in [0.15, 0.2) is 0 Å². The summed E-state index contributed by atoms with van der Waals surface area (Å²) >= 11 is 5.75. The predicted molar refractivity (Wildman–Crippen MR) is 94.4 cm³/mol. The van der Waals surface area contributed by atoms with Crippen LogP contribution in [0.15, 0.2) is 53.4 Å². The Balaban J connectivity index is 1.86. The monoisotopic (exact) mass is 384 g/mol. The van der Waals surface area contributed by atoms with Gasteiger partial charge < -0.3 is 5.32 Å². The predicted octanol–water partition coefficient (Wildman–Crippen LogP) is 2.46. The Morgan fingerprint density at radius 2 is 1.72 bits per heavy atom. The summed E-state index contributed by atoms with van der Waals surface area (Å²) in [5.41, 5.74) is 0.879. The van der Waals surface area contributed by atoms with Gasteiger partial charge in [-0.3, -0.25) is 4.79 Å². The Bertz CT molecular complexity index is 824. The van der Waals surface area contributed by atoms with Crippen LogP contribution in [0.25, 0.3) is 0 Å². The van der Waals surface area contributed by atoms with E-state index in [1.165, 1.54) is 43.4 Å². The van der Waals surface area contributed by atoms with E-state index in [9.17, 15) is 17.6 Å². The summed E-state index contributed by atoms with van der Waals surface area (Å²) in [5, 5.41) is 3.08. The number of halogens is 2. The van der Waals surface area contributed by atoms with Crippen molar-refractivity contribution in [3.05, 3.63) is 64.9 Å². The van der Waals surface area contributed by atoms with E-state index < -0.39 is 15.9 Å². The molecule has 0 spiro atoms. The number of amides is 1. The summed E-state index contributed by atoms with van der Waals surface area (Å²) < 4.78 is 38.5. The number of likely N-dealkylation sites (N-methyl/N-ethyl adjacent to an activating group) is 1. The number of carbonyl (C=O) groups is 1. The summed E-state index contributed by atoms with van der Waals surface area (Å²) in [6.07, 6.45) is 0.527. The first-order valence-corrected chi connectivity index (χ1v) is 9.34. The number of nitrogens with zero attached hydrogens (tertiary/aromatic N) is 1. The molecule has 0 saturated carbocycles. The lowest BCUT2D eigenvalue weighted by Crippen LogP contribution is -2.39. The van der Waals surface area contributed by atoms with Crippen LogP contribution in [0.5, 0.6) is 0 Å². The quantitative estimate of drug-likeness (QED) is 0.797. The van der Waals surface area contributed by atoms with E-state index in [0.717, 1.165) is 9.87 Å². The standard InChI is InChI=1S/C17H18ClFN2O3S/c1-21(25(23,24)16-8-4-14(18)5-9-16)12-17(22)20-11-10-13-2-6-15(19)7-3-13/h2-9H,10-12H2,1H3,(H,20,22). The normalized spacial score (nSPS) is 11.5. The highest BCUT2D eigenvalue weighted by molar-refractivity contribution is 7.89. The second-order valence-corrected chi connectivity index (χ2v) is 7.92. The van der Waals surface area contributed by atoms with Crippen molar-refractivity contribution in [1.29, 1.82) is 0 Å². The number of hydrogen-bond donors (Lipinski definition) is 1. The van der Waals surface area contributed by atoms with Gasteiger partial charge >= 0.3 is 0 Å². The molecule has 0 atom stereocenters. The van der Waals surface area contributed by atoms with Gasteiger partial charge in [0.25, 0.3) is 0 Å². The van der Waals surface area contributed by atoms with Crippen LogP contribution in [0.2, 0.25) is 5.02 Å². The van der Waals surface area contributed by atoms with Crippen LogP contribution in [-0.4, -0.2) is 38.8 Å². The van der Waals surface area contributed by atoms with Gasteiger partial charge in [-0.25, -0.2) is 12.8 Å². The van der Waals surface area contributed by atoms with Gasteiger partial charge in [0.2, 0.25) is 15.9 Å². The molecule has 0 unspecified atom stereocenters. The third kappa shape index (κ3) is 5.52. The molecular weight excluding hydrogens is 367 g/mol. The number of hydrogen-bond acceptors (Lipinski definition) is 3. The molecular formula is C17H18ClFN2O3S. The summed E-state index contributed by atoms with van der Waals surface area (Å²) in [4.78, 5) is 12.0. The van der Waals surface area contributed by atoms with Crippen molar-refractivity contribution in [2.75, 3.05) is 20.1 Å². The molecule has 1 amide bonds. The molecule has 0 aromatic heterocycles. The van der Waals surface area contributed by atoms with Gasteiger partial charge in [-0.05, 0) is 48.4 Å². The molecule has 0 radical (unpaired) electrons. The molecule has 0 heterocycles. The van der Waals surface area contributed by atoms with Crippen LogP contribution in [0.1, 0.15) is 5.56 Å². The van der Waals surface area contributed by atoms with Gasteiger partial charge in [0, 0.05) is 18.6 Å². The molecule has 0 bridgehead atoms. The van der Waals surface area contributed by atoms with E-state index >= 15 is 0 Å². The largest absolute Gasteiger partial charge is 0.355 e. The smallest absolute Gasteiger partial charge is 0.243 e. The first-order chi connectivity index (χ1) is 11.8. The third-order valence-electron chi connectivity index (χ3n) is 3.54. The van der Waals surface area contributed by atoms with Gasteiger partial charge in [0.1, 0.15) is 5.82 Å². The van der Waals surface area contributed by atoms with E-state index in [2.05, 4.69) is 5.32 Å². The molecule has 8 heteroatoms. The second-order valence-electron chi connectivity index (χ2n) is 5.44. The molecule has 0 aliphatic rings. The highest BCUT2D eigenvalue weighted by atomic mass is 35.5. The Hall–Kier alpha value is -1.96. The van der Waals surface area contributed by atoms with Crippen LogP contribution in [-0.2, 0) is 21.2 Å². The highest BCUT2D eigenvalue weighted by Gasteiger charge is 2.22. The van der Waals surface area contributed by atoms with E-state index in [1.54, 1.807) is 12.1 Å². The minimum Gasteiger partial charge on any atom is -0.355 e. The van der Waals surface area contributed by atoms with Gasteiger partial charge in [0.05, 0.1) is 11.4 Å². The molecule has 0 aliphatic heterocycles. The van der Waals surface area contributed by atoms with E-state index in [1.807, 2.05) is 0 Å². The number of rotatable bonds is 7. The van der Waals surface area contributed by atoms with E-state index in [4.69, 9.17) is 11.6 Å². The van der Waals surface area contributed by atoms with Crippen molar-refractivity contribution >= 4 is 27.5 Å². The second kappa shape index (κ2) is 8.42. The Morgan fingerprint density at radius 1 is 1.12 bits per heavy atom. The van der Waals surface area contributed by atoms with Crippen molar-refractivity contribution in [3.63, 3.8) is 0 Å². The molecule has 1 N–H and O–H groups in total. The highest BCUT2D eigenvalue weighted by Crippen LogP contribution is 2.17. The maximum absolute atomic E-state index is 12.8. The molecule has 2 aromatic carbocycles. The van der Waals surface area contributed by atoms with E-state index in [0.29, 0.717) is 18.0 Å². The fourth-order valence-corrected chi connectivity index (χ4v) is 3.38. The Labute approximate surface area is 151 Å². The lowest BCUT2D eigenvalue weighted by atomic mass is 10.1. The van der Waals surface area contributed by atoms with Crippen LogP contribution < -0.4 is 5.32 Å². The minimum atomic E-state index is -3.76. The average molecular weight is 385 g/mol. The van der Waals surface area contributed by atoms with Crippen LogP contribution in [0, 0.1) is 5.82 Å². The first kappa shape index (κ1) is 19.4. The molecule has 2 rings (SSSR count). The van der Waals surface area contributed by atoms with Crippen molar-refractivity contribution in [2.45, 2.75) is 11.3 Å². The fraction of sp³-hybridized carbons (Fsp3) is 0.235. The summed E-state index contributed by atoms with van der Waals surface area (Å²) in [6.45, 7) is 0.0354. The first-order valence-electron chi connectivity index (χ1n) is 7.52. The fourth-order valence-electron chi connectivity index (χ4n) is 2.13. The topological polar surface area (TPSA) is 66.5 Å². The number of sulfonamides is 1. The van der Waals surface area contributed by atoms with Gasteiger partial charge in [-0.2, -0.15) is 4.31 Å². The SMILES string of the molecule is CN(CC(=O)NCCc1ccc(F)cc1)S(=O)(=O)c1ccc(Cl)cc1. The zero-order valence-electron chi connectivity index (χ0n) is 13.6. The molecule has 0 aliphatic carbocycles. The molecule has 0 fully saturated rings. The van der Waals surface area contributed by atoms with Crippen LogP contribution in [0.4, 0.5) is 4.39 Å². The lowest BCUT2D eigenvalue weighted by molar-refractivity contribution is -0.121. The minimum absolute atomic E-state index is 0.0681. The maximum Gasteiger partial charge on any atom is 0.243 e. The van der Waals surface area contributed by atoms with Gasteiger partial charge in [-0.1, -0.05) is 23.7 Å². The van der Waals surface area contributed by atoms with Gasteiger partial charge in [-0.15, -0.1) is 0 Å². The Morgan fingerprint density at radius 3 is 2.32 bits per heavy atom. The third-order valence-corrected chi connectivity index (χ3v) is 5.61. The average Bonchev–Trinajstić information content (AvgIpc) is 2.57. The number of benzene rings is 2. The summed E-state index contributed by atoms with van der Waals surface area (Å²) in [7, 11) is -2.42. The van der Waals surface area contributed by atoms with Crippen molar-refractivity contribution < 1.29 is 17.6 Å². The van der Waals surface area contributed by atoms with Crippen molar-refractivity contribution in [1.82, 2.24) is 9.62 Å². The molecule has 2 aromatic rings. The zero-order chi connectivity index (χ0) is 18.4. The number of nitrogens with one attached hydrogen (secondary N) is 1. The lowest BCUT2D eigenvalue weighted by Gasteiger charge is -2.17. The zero-order valence-corrected chi connectivity index (χ0v) is 15.1. The molecule has 0 saturated heterocycles. The Kier molecular flexibility index (Phi) is 6.52.